The zero-order valence-electron chi connectivity index (χ0n) is 5.77. The maximum atomic E-state index is 10.7. The van der Waals surface area contributed by atoms with Gasteiger partial charge < -0.3 is 4.74 Å². The molecular formula is C5H7Cl3O2S. The second kappa shape index (κ2) is 5.36. The van der Waals surface area contributed by atoms with E-state index >= 15 is 0 Å². The number of carbonyl (C=O) groups excluding carboxylic acids is 1. The number of halogens is 3. The monoisotopic (exact) mass is 236 g/mol. The molecule has 0 aliphatic heterocycles. The van der Waals surface area contributed by atoms with E-state index in [0.717, 1.165) is 11.8 Å². The van der Waals surface area contributed by atoms with Gasteiger partial charge in [-0.2, -0.15) is 0 Å². The maximum absolute atomic E-state index is 10.7. The highest BCUT2D eigenvalue weighted by Crippen LogP contribution is 2.38. The van der Waals surface area contributed by atoms with Gasteiger partial charge in [-0.25, -0.2) is 0 Å². The Balaban J connectivity index is 3.46. The summed E-state index contributed by atoms with van der Waals surface area (Å²) in [7, 11) is 0. The van der Waals surface area contributed by atoms with E-state index < -0.39 is 3.12 Å². The topological polar surface area (TPSA) is 26.3 Å². The quantitative estimate of drug-likeness (QED) is 0.557. The molecule has 0 rings (SSSR count). The highest BCUT2D eigenvalue weighted by atomic mass is 35.6. The predicted octanol–water partition coefficient (Wildman–Crippen LogP) is 2.61. The molecule has 66 valence electrons. The molecule has 0 unspecified atom stereocenters. The molecular weight excluding hydrogens is 230 g/mol. The average molecular weight is 238 g/mol. The summed E-state index contributed by atoms with van der Waals surface area (Å²) >= 11 is 17.0. The molecule has 0 atom stereocenters. The van der Waals surface area contributed by atoms with Crippen LogP contribution in [-0.4, -0.2) is 21.5 Å². The second-order valence-electron chi connectivity index (χ2n) is 1.54. The summed E-state index contributed by atoms with van der Waals surface area (Å²) < 4.78 is 3.16. The van der Waals surface area contributed by atoms with E-state index in [4.69, 9.17) is 34.8 Å². The van der Waals surface area contributed by atoms with Gasteiger partial charge in [-0.05, 0) is 6.92 Å². The summed E-state index contributed by atoms with van der Waals surface area (Å²) in [5, 5.41) is 0. The predicted molar refractivity (Wildman–Crippen MR) is 49.4 cm³/mol. The van der Waals surface area contributed by atoms with Crippen molar-refractivity contribution in [1.82, 2.24) is 0 Å². The summed E-state index contributed by atoms with van der Waals surface area (Å²) in [6, 6.07) is 0. The number of rotatable bonds is 3. The highest BCUT2D eigenvalue weighted by molar-refractivity contribution is 8.05. The SMILES string of the molecule is CCOC(=O)CSC(Cl)(Cl)Cl. The van der Waals surface area contributed by atoms with Crippen LogP contribution in [0.3, 0.4) is 0 Å². The third kappa shape index (κ3) is 8.60. The number of thioether (sulfide) groups is 1. The lowest BCUT2D eigenvalue weighted by Gasteiger charge is -2.08. The minimum Gasteiger partial charge on any atom is -0.465 e. The Hall–Kier alpha value is 0.690. The minimum absolute atomic E-state index is 0.0599. The van der Waals surface area contributed by atoms with Crippen molar-refractivity contribution >= 4 is 52.5 Å². The fourth-order valence-electron chi connectivity index (χ4n) is 0.343. The van der Waals surface area contributed by atoms with Gasteiger partial charge in [0.2, 0.25) is 3.12 Å². The first-order valence-electron chi connectivity index (χ1n) is 2.82. The van der Waals surface area contributed by atoms with Gasteiger partial charge in [0, 0.05) is 0 Å². The largest absolute Gasteiger partial charge is 0.465 e. The van der Waals surface area contributed by atoms with Crippen LogP contribution in [0.2, 0.25) is 0 Å². The lowest BCUT2D eigenvalue weighted by molar-refractivity contribution is -0.139. The van der Waals surface area contributed by atoms with Crippen molar-refractivity contribution in [2.45, 2.75) is 10.0 Å². The van der Waals surface area contributed by atoms with Crippen LogP contribution < -0.4 is 0 Å². The molecule has 0 saturated heterocycles. The van der Waals surface area contributed by atoms with Crippen LogP contribution >= 0.6 is 46.6 Å². The van der Waals surface area contributed by atoms with Crippen molar-refractivity contribution in [3.8, 4) is 0 Å². The van der Waals surface area contributed by atoms with Gasteiger partial charge in [0.15, 0.2) is 0 Å². The Morgan fingerprint density at radius 2 is 2.09 bits per heavy atom. The standard InChI is InChI=1S/C5H7Cl3O2S/c1-2-10-4(9)3-11-5(6,7)8/h2-3H2,1H3. The molecule has 0 aliphatic rings. The van der Waals surface area contributed by atoms with Gasteiger partial charge in [0.25, 0.3) is 0 Å². The van der Waals surface area contributed by atoms with Gasteiger partial charge in [-0.3, -0.25) is 4.79 Å². The number of ether oxygens (including phenoxy) is 1. The molecule has 0 bridgehead atoms. The molecule has 0 aromatic rings. The molecule has 0 aromatic carbocycles. The zero-order chi connectivity index (χ0) is 8.91. The first kappa shape index (κ1) is 11.7. The molecule has 0 fully saturated rings. The molecule has 0 radical (unpaired) electrons. The van der Waals surface area contributed by atoms with Crippen LogP contribution in [0, 0.1) is 0 Å². The summed E-state index contributed by atoms with van der Waals surface area (Å²) in [6.45, 7) is 2.07. The number of esters is 1. The van der Waals surface area contributed by atoms with Crippen LogP contribution in [0.5, 0.6) is 0 Å². The van der Waals surface area contributed by atoms with Crippen LogP contribution in [0.1, 0.15) is 6.92 Å². The van der Waals surface area contributed by atoms with Gasteiger partial charge in [-0.1, -0.05) is 46.6 Å². The molecule has 6 heteroatoms. The lowest BCUT2D eigenvalue weighted by Crippen LogP contribution is -2.09. The fraction of sp³-hybridized carbons (Fsp3) is 0.800. The summed E-state index contributed by atoms with van der Waals surface area (Å²) in [5.41, 5.74) is 0. The number of carbonyl (C=O) groups is 1. The van der Waals surface area contributed by atoms with Crippen molar-refractivity contribution in [1.29, 1.82) is 0 Å². The zero-order valence-corrected chi connectivity index (χ0v) is 8.86. The van der Waals surface area contributed by atoms with E-state index in [1.807, 2.05) is 0 Å². The molecule has 0 heterocycles. The van der Waals surface area contributed by atoms with Crippen molar-refractivity contribution in [2.24, 2.45) is 0 Å². The first-order chi connectivity index (χ1) is 4.95. The average Bonchev–Trinajstić information content (AvgIpc) is 1.83. The second-order valence-corrected chi connectivity index (χ2v) is 5.68. The maximum Gasteiger partial charge on any atom is 0.316 e. The molecule has 0 aliphatic carbocycles. The van der Waals surface area contributed by atoms with Crippen molar-refractivity contribution in [2.75, 3.05) is 12.4 Å². The third-order valence-electron chi connectivity index (χ3n) is 0.659. The molecule has 0 aromatic heterocycles. The molecule has 2 nitrogen and oxygen atoms in total. The fourth-order valence-corrected chi connectivity index (χ4v) is 1.20. The van der Waals surface area contributed by atoms with Crippen LogP contribution in [0.15, 0.2) is 0 Å². The van der Waals surface area contributed by atoms with E-state index in [-0.39, 0.29) is 11.7 Å². The molecule has 0 spiro atoms. The molecule has 11 heavy (non-hydrogen) atoms. The van der Waals surface area contributed by atoms with Gasteiger partial charge in [0.1, 0.15) is 0 Å². The number of hydrogen-bond acceptors (Lipinski definition) is 3. The van der Waals surface area contributed by atoms with E-state index in [0.29, 0.717) is 6.61 Å². The normalized spacial score (nSPS) is 11.3. The molecule has 0 amide bonds. The van der Waals surface area contributed by atoms with E-state index in [9.17, 15) is 4.79 Å². The summed E-state index contributed by atoms with van der Waals surface area (Å²) in [6.07, 6.45) is 0. The number of alkyl halides is 3. The summed E-state index contributed by atoms with van der Waals surface area (Å²) in [4.78, 5) is 10.7. The third-order valence-corrected chi connectivity index (χ3v) is 2.35. The Morgan fingerprint density at radius 3 is 2.45 bits per heavy atom. The first-order valence-corrected chi connectivity index (χ1v) is 4.94. The van der Waals surface area contributed by atoms with Gasteiger partial charge in [-0.15, -0.1) is 0 Å². The van der Waals surface area contributed by atoms with Crippen LogP contribution in [0.4, 0.5) is 0 Å². The Bertz CT molecular complexity index is 134. The lowest BCUT2D eigenvalue weighted by atomic mass is 10.8. The number of hydrogen-bond donors (Lipinski definition) is 0. The Kier molecular flexibility index (Phi) is 5.69. The van der Waals surface area contributed by atoms with Gasteiger partial charge >= 0.3 is 5.97 Å². The van der Waals surface area contributed by atoms with Gasteiger partial charge in [0.05, 0.1) is 12.4 Å². The van der Waals surface area contributed by atoms with Crippen LogP contribution in [0.25, 0.3) is 0 Å². The smallest absolute Gasteiger partial charge is 0.316 e. The molecule has 0 N–H and O–H groups in total. The highest BCUT2D eigenvalue weighted by Gasteiger charge is 2.21. The Morgan fingerprint density at radius 1 is 1.55 bits per heavy atom. The Labute approximate surface area is 84.5 Å². The van der Waals surface area contributed by atoms with Crippen molar-refractivity contribution in [3.63, 3.8) is 0 Å². The van der Waals surface area contributed by atoms with E-state index in [1.165, 1.54) is 0 Å². The summed E-state index contributed by atoms with van der Waals surface area (Å²) in [5.74, 6) is -0.312. The van der Waals surface area contributed by atoms with Crippen molar-refractivity contribution < 1.29 is 9.53 Å². The van der Waals surface area contributed by atoms with E-state index in [2.05, 4.69) is 4.74 Å². The van der Waals surface area contributed by atoms with Crippen molar-refractivity contribution in [3.05, 3.63) is 0 Å². The van der Waals surface area contributed by atoms with Crippen LogP contribution in [-0.2, 0) is 9.53 Å². The molecule has 0 saturated carbocycles. The minimum atomic E-state index is -1.44. The van der Waals surface area contributed by atoms with E-state index in [1.54, 1.807) is 6.92 Å².